The van der Waals surface area contributed by atoms with E-state index in [1.807, 2.05) is 36.2 Å². The van der Waals surface area contributed by atoms with Crippen molar-refractivity contribution >= 4 is 51.5 Å². The first-order valence-corrected chi connectivity index (χ1v) is 11.8. The number of benzene rings is 2. The molecule has 1 aliphatic heterocycles. The third-order valence-corrected chi connectivity index (χ3v) is 7.01. The van der Waals surface area contributed by atoms with Gasteiger partial charge in [0.05, 0.1) is 28.9 Å². The SMILES string of the molecule is CC1C(C(=O)N[C@H]2CCCC[C@@H]2O)=NN(c2ccccc2Cl)C1c1ccc(I)cc1. The Morgan fingerprint density at radius 1 is 1.17 bits per heavy atom. The molecule has 1 heterocycles. The van der Waals surface area contributed by atoms with Gasteiger partial charge in [0.2, 0.25) is 0 Å². The van der Waals surface area contributed by atoms with E-state index in [0.29, 0.717) is 10.7 Å². The molecule has 4 atom stereocenters. The minimum atomic E-state index is -0.494. The van der Waals surface area contributed by atoms with Crippen molar-refractivity contribution in [3.05, 3.63) is 62.7 Å². The second-order valence-electron chi connectivity index (χ2n) is 8.00. The van der Waals surface area contributed by atoms with Crippen molar-refractivity contribution in [3.63, 3.8) is 0 Å². The Balaban J connectivity index is 1.67. The molecule has 1 aliphatic carbocycles. The topological polar surface area (TPSA) is 64.9 Å². The average molecular weight is 538 g/mol. The average Bonchev–Trinajstić information content (AvgIpc) is 3.08. The van der Waals surface area contributed by atoms with Crippen molar-refractivity contribution in [1.29, 1.82) is 0 Å². The fourth-order valence-corrected chi connectivity index (χ4v) is 4.92. The standard InChI is InChI=1S/C23H25ClIN3O2/c1-14-21(23(30)26-18-7-3-5-9-20(18)29)27-28(19-8-4-2-6-17(19)24)22(14)15-10-12-16(25)13-11-15/h2,4,6,8,10-14,18,20,22,29H,3,5,7,9H2,1H3,(H,26,30)/t14?,18-,20-,22?/m0/s1. The summed E-state index contributed by atoms with van der Waals surface area (Å²) in [7, 11) is 0. The van der Waals surface area contributed by atoms with Gasteiger partial charge in [0.25, 0.3) is 5.91 Å². The van der Waals surface area contributed by atoms with Crippen LogP contribution >= 0.6 is 34.2 Å². The maximum absolute atomic E-state index is 13.1. The van der Waals surface area contributed by atoms with Gasteiger partial charge in [0, 0.05) is 9.49 Å². The molecule has 5 nitrogen and oxygen atoms in total. The van der Waals surface area contributed by atoms with E-state index in [-0.39, 0.29) is 23.9 Å². The van der Waals surface area contributed by atoms with Crippen LogP contribution in [0.25, 0.3) is 0 Å². The van der Waals surface area contributed by atoms with Crippen molar-refractivity contribution in [3.8, 4) is 0 Å². The Labute approximate surface area is 195 Å². The lowest BCUT2D eigenvalue weighted by Crippen LogP contribution is -2.48. The van der Waals surface area contributed by atoms with Gasteiger partial charge in [-0.3, -0.25) is 9.80 Å². The molecule has 2 aromatic carbocycles. The molecule has 0 saturated heterocycles. The highest BCUT2D eigenvalue weighted by atomic mass is 127. The quantitative estimate of drug-likeness (QED) is 0.545. The molecule has 1 amide bonds. The summed E-state index contributed by atoms with van der Waals surface area (Å²) < 4.78 is 1.15. The van der Waals surface area contributed by atoms with E-state index in [1.165, 1.54) is 0 Å². The number of anilines is 1. The first kappa shape index (κ1) is 21.6. The lowest BCUT2D eigenvalue weighted by Gasteiger charge is -2.29. The molecule has 30 heavy (non-hydrogen) atoms. The van der Waals surface area contributed by atoms with Gasteiger partial charge < -0.3 is 10.4 Å². The first-order valence-electron chi connectivity index (χ1n) is 10.3. The van der Waals surface area contributed by atoms with E-state index in [2.05, 4.69) is 52.2 Å². The summed E-state index contributed by atoms with van der Waals surface area (Å²) in [5.41, 5.74) is 2.32. The van der Waals surface area contributed by atoms with E-state index in [4.69, 9.17) is 16.7 Å². The van der Waals surface area contributed by atoms with Gasteiger partial charge in [-0.1, -0.05) is 55.6 Å². The Morgan fingerprint density at radius 2 is 1.87 bits per heavy atom. The van der Waals surface area contributed by atoms with Crippen molar-refractivity contribution in [2.24, 2.45) is 11.0 Å². The van der Waals surface area contributed by atoms with Crippen LogP contribution in [-0.2, 0) is 4.79 Å². The molecule has 1 fully saturated rings. The Hall–Kier alpha value is -1.64. The first-order chi connectivity index (χ1) is 14.5. The molecule has 2 unspecified atom stereocenters. The minimum absolute atomic E-state index is 0.137. The predicted molar refractivity (Wildman–Crippen MR) is 129 cm³/mol. The molecule has 7 heteroatoms. The number of hydrazone groups is 1. The van der Waals surface area contributed by atoms with Crippen molar-refractivity contribution in [2.45, 2.75) is 50.8 Å². The fraction of sp³-hybridized carbons (Fsp3) is 0.391. The second-order valence-corrected chi connectivity index (χ2v) is 9.65. The number of para-hydroxylation sites is 1. The molecule has 4 rings (SSSR count). The van der Waals surface area contributed by atoms with Crippen molar-refractivity contribution in [1.82, 2.24) is 5.32 Å². The number of hydrogen-bond acceptors (Lipinski definition) is 4. The molecule has 0 aromatic heterocycles. The molecule has 2 aliphatic rings. The van der Waals surface area contributed by atoms with E-state index in [0.717, 1.165) is 40.5 Å². The van der Waals surface area contributed by atoms with Crippen LogP contribution in [0, 0.1) is 9.49 Å². The highest BCUT2D eigenvalue weighted by Crippen LogP contribution is 2.41. The maximum Gasteiger partial charge on any atom is 0.268 e. The van der Waals surface area contributed by atoms with E-state index >= 15 is 0 Å². The molecule has 0 spiro atoms. The lowest BCUT2D eigenvalue weighted by molar-refractivity contribution is -0.116. The van der Waals surface area contributed by atoms with Crippen LogP contribution in [0.1, 0.15) is 44.2 Å². The zero-order valence-corrected chi connectivity index (χ0v) is 19.7. The summed E-state index contributed by atoms with van der Waals surface area (Å²) >= 11 is 8.77. The predicted octanol–water partition coefficient (Wildman–Crippen LogP) is 4.92. The highest BCUT2D eigenvalue weighted by molar-refractivity contribution is 14.1. The molecule has 158 valence electrons. The molecule has 2 N–H and O–H groups in total. The van der Waals surface area contributed by atoms with Crippen LogP contribution < -0.4 is 10.3 Å². The normalized spacial score (nSPS) is 26.4. The number of carbonyl (C=O) groups is 1. The zero-order valence-electron chi connectivity index (χ0n) is 16.8. The van der Waals surface area contributed by atoms with E-state index in [9.17, 15) is 9.90 Å². The second kappa shape index (κ2) is 9.24. The van der Waals surface area contributed by atoms with Gasteiger partial charge in [0.1, 0.15) is 5.71 Å². The van der Waals surface area contributed by atoms with Gasteiger partial charge >= 0.3 is 0 Å². The monoisotopic (exact) mass is 537 g/mol. The molecular formula is C23H25ClIN3O2. The summed E-state index contributed by atoms with van der Waals surface area (Å²) in [5.74, 6) is -0.347. The molecule has 0 radical (unpaired) electrons. The third kappa shape index (κ3) is 4.36. The number of nitrogens with one attached hydrogen (secondary N) is 1. The van der Waals surface area contributed by atoms with Gasteiger partial charge in [-0.15, -0.1) is 0 Å². The summed E-state index contributed by atoms with van der Waals surface area (Å²) in [6.07, 6.45) is 3.04. The summed E-state index contributed by atoms with van der Waals surface area (Å²) in [6, 6.07) is 15.5. The Bertz CT molecular complexity index is 950. The smallest absolute Gasteiger partial charge is 0.268 e. The number of amides is 1. The van der Waals surface area contributed by atoms with E-state index < -0.39 is 6.10 Å². The molecule has 0 bridgehead atoms. The van der Waals surface area contributed by atoms with Crippen LogP contribution in [0.2, 0.25) is 5.02 Å². The van der Waals surface area contributed by atoms with Gasteiger partial charge in [-0.05, 0) is 65.3 Å². The third-order valence-electron chi connectivity index (χ3n) is 5.97. The summed E-state index contributed by atoms with van der Waals surface area (Å²) in [6.45, 7) is 2.02. The number of nitrogens with zero attached hydrogens (tertiary/aromatic N) is 2. The van der Waals surface area contributed by atoms with Gasteiger partial charge in [-0.25, -0.2) is 0 Å². The van der Waals surface area contributed by atoms with Crippen LogP contribution in [0.5, 0.6) is 0 Å². The zero-order chi connectivity index (χ0) is 21.3. The Kier molecular flexibility index (Phi) is 6.65. The Morgan fingerprint density at radius 3 is 2.57 bits per heavy atom. The number of aliphatic hydroxyl groups is 1. The maximum atomic E-state index is 13.1. The molecular weight excluding hydrogens is 513 g/mol. The van der Waals surface area contributed by atoms with Crippen LogP contribution in [0.4, 0.5) is 5.69 Å². The highest BCUT2D eigenvalue weighted by Gasteiger charge is 2.40. The minimum Gasteiger partial charge on any atom is -0.391 e. The number of carbonyl (C=O) groups excluding carboxylic acids is 1. The van der Waals surface area contributed by atoms with E-state index in [1.54, 1.807) is 0 Å². The van der Waals surface area contributed by atoms with Crippen molar-refractivity contribution < 1.29 is 9.90 Å². The van der Waals surface area contributed by atoms with Crippen LogP contribution in [-0.4, -0.2) is 28.9 Å². The van der Waals surface area contributed by atoms with Crippen molar-refractivity contribution in [2.75, 3.05) is 5.01 Å². The molecule has 2 aromatic rings. The van der Waals surface area contributed by atoms with Gasteiger partial charge in [0.15, 0.2) is 0 Å². The summed E-state index contributed by atoms with van der Waals surface area (Å²) in [5, 5.41) is 20.5. The lowest BCUT2D eigenvalue weighted by atomic mass is 9.89. The van der Waals surface area contributed by atoms with Crippen LogP contribution in [0.15, 0.2) is 53.6 Å². The fourth-order valence-electron chi connectivity index (χ4n) is 4.34. The molecule has 1 saturated carbocycles. The number of hydrogen-bond donors (Lipinski definition) is 2. The largest absolute Gasteiger partial charge is 0.391 e. The number of aliphatic hydroxyl groups excluding tert-OH is 1. The van der Waals surface area contributed by atoms with Gasteiger partial charge in [-0.2, -0.15) is 5.10 Å². The number of halogens is 2. The van der Waals surface area contributed by atoms with Crippen LogP contribution in [0.3, 0.4) is 0 Å². The summed E-state index contributed by atoms with van der Waals surface area (Å²) in [4.78, 5) is 13.1. The number of rotatable bonds is 4.